The lowest BCUT2D eigenvalue weighted by atomic mass is 9.83. The molecule has 0 fully saturated rings. The number of aromatic nitrogens is 3. The Kier molecular flexibility index (Phi) is 3.54. The van der Waals surface area contributed by atoms with E-state index < -0.39 is 0 Å². The van der Waals surface area contributed by atoms with Crippen LogP contribution in [0.3, 0.4) is 0 Å². The molecule has 0 unspecified atom stereocenters. The minimum Gasteiger partial charge on any atom is -0.350 e. The van der Waals surface area contributed by atoms with Crippen molar-refractivity contribution < 1.29 is 4.79 Å². The first-order valence-electron chi connectivity index (χ1n) is 7.92. The molecule has 4 rings (SSSR count). The van der Waals surface area contributed by atoms with E-state index in [4.69, 9.17) is 0 Å². The Morgan fingerprint density at radius 3 is 3.04 bits per heavy atom. The van der Waals surface area contributed by atoms with Crippen LogP contribution in [-0.4, -0.2) is 20.3 Å². The monoisotopic (exact) mass is 306 g/mol. The van der Waals surface area contributed by atoms with E-state index in [1.807, 2.05) is 16.7 Å². The second-order valence-corrected chi connectivity index (χ2v) is 5.98. The summed E-state index contributed by atoms with van der Waals surface area (Å²) in [6.07, 6.45) is 9.81. The van der Waals surface area contributed by atoms with Crippen molar-refractivity contribution in [2.75, 3.05) is 0 Å². The number of carbonyl (C=O) groups is 1. The van der Waals surface area contributed by atoms with Gasteiger partial charge in [-0.2, -0.15) is 0 Å². The van der Waals surface area contributed by atoms with Crippen LogP contribution in [0.1, 0.15) is 23.2 Å². The molecule has 116 valence electrons. The van der Waals surface area contributed by atoms with Crippen molar-refractivity contribution in [1.29, 1.82) is 0 Å². The quantitative estimate of drug-likeness (QED) is 0.806. The molecule has 2 aromatic heterocycles. The Hall–Kier alpha value is -2.69. The second-order valence-electron chi connectivity index (χ2n) is 5.98. The third kappa shape index (κ3) is 2.70. The number of hydrogen-bond donors (Lipinski definition) is 1. The van der Waals surface area contributed by atoms with E-state index in [1.165, 1.54) is 11.1 Å². The maximum absolute atomic E-state index is 12.5. The van der Waals surface area contributed by atoms with Gasteiger partial charge in [0.1, 0.15) is 0 Å². The SMILES string of the molecule is O=C(NCc1cnc2cnccn12)[C@H]1CCc2ccccc2C1. The Morgan fingerprint density at radius 1 is 1.26 bits per heavy atom. The number of rotatable bonds is 3. The molecule has 1 aliphatic carbocycles. The molecule has 0 spiro atoms. The number of aryl methyl sites for hydroxylation is 1. The van der Waals surface area contributed by atoms with E-state index in [2.05, 4.69) is 33.5 Å². The number of nitrogens with zero attached hydrogens (tertiary/aromatic N) is 3. The van der Waals surface area contributed by atoms with E-state index in [9.17, 15) is 4.79 Å². The molecule has 3 aromatic rings. The van der Waals surface area contributed by atoms with Gasteiger partial charge in [-0.1, -0.05) is 24.3 Å². The third-order valence-corrected chi connectivity index (χ3v) is 4.56. The van der Waals surface area contributed by atoms with Gasteiger partial charge < -0.3 is 5.32 Å². The van der Waals surface area contributed by atoms with Crippen LogP contribution in [0, 0.1) is 5.92 Å². The Balaban J connectivity index is 1.43. The standard InChI is InChI=1S/C18H18N4O/c23-18(15-6-5-13-3-1-2-4-14(13)9-15)21-11-16-10-20-17-12-19-7-8-22(16)17/h1-4,7-8,10,12,15H,5-6,9,11H2,(H,21,23)/t15-/m0/s1. The smallest absolute Gasteiger partial charge is 0.223 e. The molecule has 1 amide bonds. The molecule has 1 atom stereocenters. The lowest BCUT2D eigenvalue weighted by molar-refractivity contribution is -0.125. The highest BCUT2D eigenvalue weighted by Gasteiger charge is 2.24. The molecule has 0 bridgehead atoms. The molecule has 2 heterocycles. The van der Waals surface area contributed by atoms with Crippen LogP contribution in [0.4, 0.5) is 0 Å². The van der Waals surface area contributed by atoms with Gasteiger partial charge >= 0.3 is 0 Å². The summed E-state index contributed by atoms with van der Waals surface area (Å²) in [5, 5.41) is 3.06. The van der Waals surface area contributed by atoms with E-state index in [0.29, 0.717) is 6.54 Å². The fraction of sp³-hybridized carbons (Fsp3) is 0.278. The molecule has 0 aliphatic heterocycles. The van der Waals surface area contributed by atoms with Crippen LogP contribution in [0.5, 0.6) is 0 Å². The number of imidazole rings is 1. The highest BCUT2D eigenvalue weighted by atomic mass is 16.1. The van der Waals surface area contributed by atoms with Gasteiger partial charge in [0.25, 0.3) is 0 Å². The van der Waals surface area contributed by atoms with E-state index in [1.54, 1.807) is 18.6 Å². The Bertz CT molecular complexity index is 855. The molecule has 0 saturated carbocycles. The highest BCUT2D eigenvalue weighted by Crippen LogP contribution is 2.25. The zero-order valence-electron chi connectivity index (χ0n) is 12.8. The Morgan fingerprint density at radius 2 is 2.13 bits per heavy atom. The molecule has 5 heteroatoms. The third-order valence-electron chi connectivity index (χ3n) is 4.56. The molecular weight excluding hydrogens is 288 g/mol. The van der Waals surface area contributed by atoms with Gasteiger partial charge in [0.2, 0.25) is 5.91 Å². The summed E-state index contributed by atoms with van der Waals surface area (Å²) in [4.78, 5) is 20.8. The zero-order chi connectivity index (χ0) is 15.6. The topological polar surface area (TPSA) is 59.3 Å². The molecular formula is C18H18N4O. The van der Waals surface area contributed by atoms with Gasteiger partial charge in [0.05, 0.1) is 24.6 Å². The van der Waals surface area contributed by atoms with Crippen molar-refractivity contribution in [2.24, 2.45) is 5.92 Å². The highest BCUT2D eigenvalue weighted by molar-refractivity contribution is 5.79. The largest absolute Gasteiger partial charge is 0.350 e. The van der Waals surface area contributed by atoms with Crippen molar-refractivity contribution >= 4 is 11.6 Å². The number of nitrogens with one attached hydrogen (secondary N) is 1. The molecule has 23 heavy (non-hydrogen) atoms. The van der Waals surface area contributed by atoms with Gasteiger partial charge in [-0.25, -0.2) is 4.98 Å². The normalized spacial score (nSPS) is 17.0. The second kappa shape index (κ2) is 5.83. The maximum atomic E-state index is 12.5. The predicted octanol–water partition coefficient (Wildman–Crippen LogP) is 2.15. The summed E-state index contributed by atoms with van der Waals surface area (Å²) in [6.45, 7) is 0.488. The van der Waals surface area contributed by atoms with Crippen LogP contribution in [0.2, 0.25) is 0 Å². The van der Waals surface area contributed by atoms with Gasteiger partial charge in [0.15, 0.2) is 5.65 Å². The van der Waals surface area contributed by atoms with Crippen molar-refractivity contribution in [3.8, 4) is 0 Å². The molecule has 0 radical (unpaired) electrons. The molecule has 1 aliphatic rings. The van der Waals surface area contributed by atoms with Crippen LogP contribution < -0.4 is 5.32 Å². The maximum Gasteiger partial charge on any atom is 0.223 e. The van der Waals surface area contributed by atoms with Gasteiger partial charge in [-0.3, -0.25) is 14.2 Å². The average Bonchev–Trinajstić information content (AvgIpc) is 3.02. The summed E-state index contributed by atoms with van der Waals surface area (Å²) < 4.78 is 1.95. The summed E-state index contributed by atoms with van der Waals surface area (Å²) in [7, 11) is 0. The zero-order valence-corrected chi connectivity index (χ0v) is 12.8. The van der Waals surface area contributed by atoms with E-state index in [0.717, 1.165) is 30.6 Å². The molecule has 1 N–H and O–H groups in total. The number of benzene rings is 1. The minimum absolute atomic E-state index is 0.0609. The summed E-state index contributed by atoms with van der Waals surface area (Å²) >= 11 is 0. The first kappa shape index (κ1) is 13.9. The first-order valence-corrected chi connectivity index (χ1v) is 7.92. The van der Waals surface area contributed by atoms with Crippen LogP contribution in [-0.2, 0) is 24.2 Å². The summed E-state index contributed by atoms with van der Waals surface area (Å²) in [5.74, 6) is 0.189. The number of fused-ring (bicyclic) bond motifs is 2. The fourth-order valence-electron chi connectivity index (χ4n) is 3.27. The lowest BCUT2D eigenvalue weighted by Crippen LogP contribution is -2.34. The van der Waals surface area contributed by atoms with Gasteiger partial charge in [-0.15, -0.1) is 0 Å². The summed E-state index contributed by atoms with van der Waals surface area (Å²) in [5.41, 5.74) is 4.45. The van der Waals surface area contributed by atoms with E-state index in [-0.39, 0.29) is 11.8 Å². The number of amides is 1. The van der Waals surface area contributed by atoms with Crippen LogP contribution >= 0.6 is 0 Å². The lowest BCUT2D eigenvalue weighted by Gasteiger charge is -2.23. The van der Waals surface area contributed by atoms with Gasteiger partial charge in [-0.05, 0) is 30.4 Å². The number of carbonyl (C=O) groups excluding carboxylic acids is 1. The Labute approximate surface area is 134 Å². The average molecular weight is 306 g/mol. The molecule has 1 aromatic carbocycles. The summed E-state index contributed by atoms with van der Waals surface area (Å²) in [6, 6.07) is 8.41. The van der Waals surface area contributed by atoms with Crippen molar-refractivity contribution in [3.05, 3.63) is 65.9 Å². The van der Waals surface area contributed by atoms with Crippen LogP contribution in [0.15, 0.2) is 49.1 Å². The van der Waals surface area contributed by atoms with Gasteiger partial charge in [0, 0.05) is 18.3 Å². The predicted molar refractivity (Wildman–Crippen MR) is 86.8 cm³/mol. The minimum atomic E-state index is 0.0609. The molecule has 5 nitrogen and oxygen atoms in total. The van der Waals surface area contributed by atoms with Crippen LogP contribution in [0.25, 0.3) is 5.65 Å². The first-order chi connectivity index (χ1) is 11.3. The van der Waals surface area contributed by atoms with Crippen molar-refractivity contribution in [2.45, 2.75) is 25.8 Å². The van der Waals surface area contributed by atoms with Crippen molar-refractivity contribution in [3.63, 3.8) is 0 Å². The molecule has 0 saturated heterocycles. The number of hydrogen-bond acceptors (Lipinski definition) is 3. The van der Waals surface area contributed by atoms with Crippen molar-refractivity contribution in [1.82, 2.24) is 19.7 Å². The van der Waals surface area contributed by atoms with E-state index >= 15 is 0 Å². The fourth-order valence-corrected chi connectivity index (χ4v) is 3.27.